The third kappa shape index (κ3) is 2.53. The van der Waals surface area contributed by atoms with Gasteiger partial charge in [-0.15, -0.1) is 0 Å². The van der Waals surface area contributed by atoms with Crippen LogP contribution in [0.2, 0.25) is 0 Å². The average Bonchev–Trinajstić information content (AvgIpc) is 2.41. The van der Waals surface area contributed by atoms with Crippen molar-refractivity contribution in [3.63, 3.8) is 0 Å². The lowest BCUT2D eigenvalue weighted by Gasteiger charge is -2.31. The van der Waals surface area contributed by atoms with Crippen LogP contribution in [0.4, 0.5) is 0 Å². The zero-order valence-corrected chi connectivity index (χ0v) is 12.1. The Morgan fingerprint density at radius 1 is 1.30 bits per heavy atom. The number of piperazine rings is 1. The molecule has 0 unspecified atom stereocenters. The van der Waals surface area contributed by atoms with Crippen LogP contribution in [0.1, 0.15) is 11.1 Å². The Balaban J connectivity index is 2.34. The highest BCUT2D eigenvalue weighted by atomic mass is 32.2. The van der Waals surface area contributed by atoms with E-state index in [-0.39, 0.29) is 23.9 Å². The Morgan fingerprint density at radius 2 is 2.00 bits per heavy atom. The lowest BCUT2D eigenvalue weighted by atomic mass is 10.1. The third-order valence-corrected chi connectivity index (χ3v) is 5.22. The topological polar surface area (TPSA) is 81.5 Å². The molecule has 1 aliphatic rings. The van der Waals surface area contributed by atoms with Crippen molar-refractivity contribution in [1.29, 1.82) is 5.26 Å². The maximum atomic E-state index is 12.5. The summed E-state index contributed by atoms with van der Waals surface area (Å²) in [5.41, 5.74) is 1.05. The van der Waals surface area contributed by atoms with E-state index in [4.69, 9.17) is 5.26 Å². The number of nitrogens with zero attached hydrogens (tertiary/aromatic N) is 3. The molecular formula is C13H15N3O3S. The van der Waals surface area contributed by atoms with Gasteiger partial charge >= 0.3 is 0 Å². The molecule has 0 bridgehead atoms. The first kappa shape index (κ1) is 14.5. The number of amides is 1. The number of nitriles is 1. The second kappa shape index (κ2) is 5.23. The van der Waals surface area contributed by atoms with Gasteiger partial charge in [0, 0.05) is 20.1 Å². The Bertz CT molecular complexity index is 691. The number of aryl methyl sites for hydroxylation is 1. The molecule has 1 fully saturated rings. The number of likely N-dealkylation sites (N-methyl/N-ethyl adjacent to an activating group) is 1. The van der Waals surface area contributed by atoms with Crippen LogP contribution in [0.3, 0.4) is 0 Å². The molecular weight excluding hydrogens is 278 g/mol. The van der Waals surface area contributed by atoms with Crippen molar-refractivity contribution < 1.29 is 13.2 Å². The highest BCUT2D eigenvalue weighted by Crippen LogP contribution is 2.20. The van der Waals surface area contributed by atoms with Crippen molar-refractivity contribution in [3.05, 3.63) is 29.3 Å². The summed E-state index contributed by atoms with van der Waals surface area (Å²) in [5.74, 6) is -0.217. The predicted octanol–water partition coefficient (Wildman–Crippen LogP) is 0.329. The second-order valence-corrected chi connectivity index (χ2v) is 6.68. The predicted molar refractivity (Wildman–Crippen MR) is 72.3 cm³/mol. The Hall–Kier alpha value is -1.91. The molecule has 2 rings (SSSR count). The number of sulfonamides is 1. The molecule has 0 aliphatic carbocycles. The first-order chi connectivity index (χ1) is 9.36. The first-order valence-electron chi connectivity index (χ1n) is 6.11. The molecule has 106 valence electrons. The third-order valence-electron chi connectivity index (χ3n) is 3.38. The summed E-state index contributed by atoms with van der Waals surface area (Å²) in [7, 11) is -2.04. The first-order valence-corrected chi connectivity index (χ1v) is 7.55. The lowest BCUT2D eigenvalue weighted by Crippen LogP contribution is -2.50. The molecule has 0 saturated carbocycles. The van der Waals surface area contributed by atoms with E-state index in [9.17, 15) is 13.2 Å². The van der Waals surface area contributed by atoms with Gasteiger partial charge < -0.3 is 4.90 Å². The van der Waals surface area contributed by atoms with Gasteiger partial charge in [0.1, 0.15) is 0 Å². The van der Waals surface area contributed by atoms with Crippen LogP contribution in [-0.2, 0) is 14.8 Å². The maximum Gasteiger partial charge on any atom is 0.243 e. The summed E-state index contributed by atoms with van der Waals surface area (Å²) in [6.45, 7) is 2.21. The minimum absolute atomic E-state index is 0.117. The van der Waals surface area contributed by atoms with Gasteiger partial charge in [0.2, 0.25) is 15.9 Å². The Morgan fingerprint density at radius 3 is 2.55 bits per heavy atom. The maximum absolute atomic E-state index is 12.5. The molecule has 6 nitrogen and oxygen atoms in total. The molecule has 1 aromatic rings. The summed E-state index contributed by atoms with van der Waals surface area (Å²) < 4.78 is 26.1. The van der Waals surface area contributed by atoms with Crippen LogP contribution in [0.5, 0.6) is 0 Å². The summed E-state index contributed by atoms with van der Waals surface area (Å²) in [6, 6.07) is 6.36. The quantitative estimate of drug-likeness (QED) is 0.787. The van der Waals surface area contributed by atoms with E-state index < -0.39 is 10.0 Å². The molecule has 1 aromatic carbocycles. The average molecular weight is 293 g/mol. The number of carbonyl (C=O) groups excluding carboxylic acids is 1. The van der Waals surface area contributed by atoms with E-state index in [1.54, 1.807) is 14.0 Å². The fraction of sp³-hybridized carbons (Fsp3) is 0.385. The fourth-order valence-electron chi connectivity index (χ4n) is 2.01. The van der Waals surface area contributed by atoms with E-state index in [1.165, 1.54) is 27.4 Å². The molecule has 1 saturated heterocycles. The van der Waals surface area contributed by atoms with E-state index in [2.05, 4.69) is 0 Å². The number of hydrogen-bond acceptors (Lipinski definition) is 4. The van der Waals surface area contributed by atoms with Crippen molar-refractivity contribution in [2.75, 3.05) is 26.7 Å². The van der Waals surface area contributed by atoms with Crippen molar-refractivity contribution in [3.8, 4) is 6.07 Å². The Kier molecular flexibility index (Phi) is 3.79. The van der Waals surface area contributed by atoms with E-state index >= 15 is 0 Å². The van der Waals surface area contributed by atoms with Gasteiger partial charge in [-0.1, -0.05) is 0 Å². The van der Waals surface area contributed by atoms with Crippen LogP contribution in [0, 0.1) is 18.3 Å². The molecule has 1 amide bonds. The molecule has 0 aromatic heterocycles. The van der Waals surface area contributed by atoms with E-state index in [0.717, 1.165) is 0 Å². The molecule has 1 heterocycles. The van der Waals surface area contributed by atoms with Crippen LogP contribution >= 0.6 is 0 Å². The normalized spacial score (nSPS) is 17.1. The SMILES string of the molecule is Cc1cc(S(=O)(=O)N2CCN(C)C(=O)C2)ccc1C#N. The number of benzene rings is 1. The standard InChI is InChI=1S/C13H15N3O3S/c1-10-7-12(4-3-11(10)8-14)20(18,19)16-6-5-15(2)13(17)9-16/h3-4,7H,5-6,9H2,1-2H3. The van der Waals surface area contributed by atoms with Gasteiger partial charge in [-0.05, 0) is 30.7 Å². The van der Waals surface area contributed by atoms with Gasteiger partial charge in [-0.3, -0.25) is 4.79 Å². The zero-order chi connectivity index (χ0) is 14.9. The van der Waals surface area contributed by atoms with Gasteiger partial charge in [-0.2, -0.15) is 9.57 Å². The number of rotatable bonds is 2. The van der Waals surface area contributed by atoms with Gasteiger partial charge in [0.25, 0.3) is 0 Å². The van der Waals surface area contributed by atoms with E-state index in [1.807, 2.05) is 6.07 Å². The zero-order valence-electron chi connectivity index (χ0n) is 11.3. The molecule has 0 N–H and O–H groups in total. The van der Waals surface area contributed by atoms with Crippen molar-refractivity contribution in [2.24, 2.45) is 0 Å². The second-order valence-electron chi connectivity index (χ2n) is 4.74. The van der Waals surface area contributed by atoms with Crippen molar-refractivity contribution in [2.45, 2.75) is 11.8 Å². The van der Waals surface area contributed by atoms with Gasteiger partial charge in [0.15, 0.2) is 0 Å². The summed E-state index contributed by atoms with van der Waals surface area (Å²) in [6.07, 6.45) is 0. The Labute approximate surface area is 118 Å². The number of hydrogen-bond donors (Lipinski definition) is 0. The molecule has 20 heavy (non-hydrogen) atoms. The molecule has 0 atom stereocenters. The van der Waals surface area contributed by atoms with Crippen LogP contribution < -0.4 is 0 Å². The molecule has 1 aliphatic heterocycles. The van der Waals surface area contributed by atoms with Crippen LogP contribution in [-0.4, -0.2) is 50.2 Å². The highest BCUT2D eigenvalue weighted by molar-refractivity contribution is 7.89. The summed E-state index contributed by atoms with van der Waals surface area (Å²) >= 11 is 0. The van der Waals surface area contributed by atoms with E-state index in [0.29, 0.717) is 17.7 Å². The van der Waals surface area contributed by atoms with Crippen LogP contribution in [0.15, 0.2) is 23.1 Å². The highest BCUT2D eigenvalue weighted by Gasteiger charge is 2.31. The number of carbonyl (C=O) groups is 1. The minimum Gasteiger partial charge on any atom is -0.343 e. The fourth-order valence-corrected chi connectivity index (χ4v) is 3.48. The van der Waals surface area contributed by atoms with Gasteiger partial charge in [-0.25, -0.2) is 8.42 Å². The molecule has 0 spiro atoms. The van der Waals surface area contributed by atoms with Crippen LogP contribution in [0.25, 0.3) is 0 Å². The van der Waals surface area contributed by atoms with Crippen molar-refractivity contribution in [1.82, 2.24) is 9.21 Å². The summed E-state index contributed by atoms with van der Waals surface area (Å²) in [5, 5.41) is 8.86. The minimum atomic E-state index is -3.69. The largest absolute Gasteiger partial charge is 0.343 e. The molecule has 7 heteroatoms. The lowest BCUT2D eigenvalue weighted by molar-refractivity contribution is -0.132. The molecule has 0 radical (unpaired) electrons. The smallest absolute Gasteiger partial charge is 0.243 e. The summed E-state index contributed by atoms with van der Waals surface area (Å²) in [4.78, 5) is 13.3. The van der Waals surface area contributed by atoms with Gasteiger partial charge in [0.05, 0.1) is 23.1 Å². The van der Waals surface area contributed by atoms with Crippen molar-refractivity contribution >= 4 is 15.9 Å². The monoisotopic (exact) mass is 293 g/mol.